The number of rotatable bonds is 14. The highest BCUT2D eigenvalue weighted by Crippen LogP contribution is 2.26. The number of carbonyl (C=O) groups is 2. The first-order chi connectivity index (χ1) is 20.7. The van der Waals surface area contributed by atoms with Crippen LogP contribution in [0.15, 0.2) is 48.5 Å². The molecule has 43 heavy (non-hydrogen) atoms. The fourth-order valence-electron chi connectivity index (χ4n) is 4.79. The van der Waals surface area contributed by atoms with Crippen LogP contribution in [0.4, 0.5) is 10.1 Å². The molecule has 4 rings (SSSR count). The van der Waals surface area contributed by atoms with Crippen LogP contribution < -0.4 is 9.64 Å². The fourth-order valence-corrected chi connectivity index (χ4v) is 4.79. The molecular formula is C32H38FN5O5. The predicted octanol–water partition coefficient (Wildman–Crippen LogP) is 4.89. The van der Waals surface area contributed by atoms with Crippen LogP contribution in [0.3, 0.4) is 0 Å². The zero-order valence-electron chi connectivity index (χ0n) is 25.3. The molecule has 1 atom stereocenters. The van der Waals surface area contributed by atoms with E-state index < -0.39 is 12.1 Å². The maximum Gasteiger partial charge on any atom is 0.335 e. The summed E-state index contributed by atoms with van der Waals surface area (Å²) in [5, 5.41) is 4.59. The van der Waals surface area contributed by atoms with Gasteiger partial charge in [0.25, 0.3) is 5.91 Å². The lowest BCUT2D eigenvalue weighted by atomic mass is 10.1. The highest BCUT2D eigenvalue weighted by atomic mass is 19.1. The zero-order chi connectivity index (χ0) is 30.9. The van der Waals surface area contributed by atoms with Crippen LogP contribution in [0.25, 0.3) is 11.0 Å². The van der Waals surface area contributed by atoms with Crippen molar-refractivity contribution in [1.29, 1.82) is 0 Å². The van der Waals surface area contributed by atoms with E-state index in [4.69, 9.17) is 14.2 Å². The van der Waals surface area contributed by atoms with Crippen molar-refractivity contribution in [2.75, 3.05) is 24.7 Å². The van der Waals surface area contributed by atoms with Crippen molar-refractivity contribution < 1.29 is 28.2 Å². The van der Waals surface area contributed by atoms with E-state index in [2.05, 4.69) is 22.0 Å². The van der Waals surface area contributed by atoms with Gasteiger partial charge in [0.15, 0.2) is 12.7 Å². The van der Waals surface area contributed by atoms with E-state index in [0.29, 0.717) is 35.6 Å². The number of amides is 1. The summed E-state index contributed by atoms with van der Waals surface area (Å²) >= 11 is 0. The van der Waals surface area contributed by atoms with Crippen molar-refractivity contribution in [3.8, 4) is 5.88 Å². The van der Waals surface area contributed by atoms with Crippen LogP contribution in [-0.2, 0) is 45.5 Å². The number of ether oxygens (including phenoxy) is 3. The second kappa shape index (κ2) is 14.7. The quantitative estimate of drug-likeness (QED) is 0.191. The van der Waals surface area contributed by atoms with Gasteiger partial charge in [0.2, 0.25) is 5.88 Å². The van der Waals surface area contributed by atoms with Crippen molar-refractivity contribution in [3.63, 3.8) is 0 Å². The van der Waals surface area contributed by atoms with Gasteiger partial charge < -0.3 is 19.1 Å². The molecule has 1 unspecified atom stereocenters. The van der Waals surface area contributed by atoms with Crippen LogP contribution in [0.5, 0.6) is 5.88 Å². The molecule has 0 radical (unpaired) electrons. The van der Waals surface area contributed by atoms with Gasteiger partial charge >= 0.3 is 5.97 Å². The first-order valence-electron chi connectivity index (χ1n) is 14.5. The molecule has 1 amide bonds. The lowest BCUT2D eigenvalue weighted by Gasteiger charge is -2.24. The van der Waals surface area contributed by atoms with E-state index in [1.807, 2.05) is 19.1 Å². The summed E-state index contributed by atoms with van der Waals surface area (Å²) in [4.78, 5) is 36.6. The molecule has 0 saturated carbocycles. The number of carbonyl (C=O) groups excluding carboxylic acids is 2. The number of hydrogen-bond acceptors (Lipinski definition) is 8. The maximum atomic E-state index is 13.7. The van der Waals surface area contributed by atoms with Crippen LogP contribution in [-0.4, -0.2) is 57.5 Å². The van der Waals surface area contributed by atoms with Gasteiger partial charge in [0.05, 0.1) is 18.8 Å². The third-order valence-corrected chi connectivity index (χ3v) is 6.79. The minimum absolute atomic E-state index is 0.191. The van der Waals surface area contributed by atoms with Gasteiger partial charge in [-0.05, 0) is 62.6 Å². The fraction of sp³-hybridized carbons (Fsp3) is 0.406. The van der Waals surface area contributed by atoms with Crippen molar-refractivity contribution in [2.45, 2.75) is 59.6 Å². The minimum Gasteiger partial charge on any atom is -0.466 e. The molecule has 0 aliphatic heterocycles. The molecule has 0 aliphatic carbocycles. The van der Waals surface area contributed by atoms with Crippen molar-refractivity contribution in [3.05, 3.63) is 77.0 Å². The standard InChI is InChI=1S/C32H38FN5O5/c1-6-9-26-29-30(37(5)36-26)31(35-21(4)34-29)43-20-28(39)38(19-23-10-14-24(33)15-11-23)25-16-12-22(13-17-25)18-27(41-7-2)32(40)42-8-3/h10-17,27H,6-9,18-20H2,1-5H3. The smallest absolute Gasteiger partial charge is 0.335 e. The third-order valence-electron chi connectivity index (χ3n) is 6.79. The minimum atomic E-state index is -0.723. The second-order valence-electron chi connectivity index (χ2n) is 10.1. The molecule has 0 saturated heterocycles. The Labute approximate surface area is 250 Å². The molecule has 0 spiro atoms. The van der Waals surface area contributed by atoms with Crippen molar-refractivity contribution in [2.24, 2.45) is 7.05 Å². The second-order valence-corrected chi connectivity index (χ2v) is 10.1. The summed E-state index contributed by atoms with van der Waals surface area (Å²) in [5.41, 5.74) is 4.40. The molecule has 10 nitrogen and oxygen atoms in total. The normalized spacial score (nSPS) is 11.9. The number of aromatic nitrogens is 4. The van der Waals surface area contributed by atoms with Gasteiger partial charge in [0.1, 0.15) is 22.7 Å². The summed E-state index contributed by atoms with van der Waals surface area (Å²) < 4.78 is 32.0. The summed E-state index contributed by atoms with van der Waals surface area (Å²) in [6.45, 7) is 7.96. The highest BCUT2D eigenvalue weighted by molar-refractivity contribution is 5.94. The van der Waals surface area contributed by atoms with E-state index in [1.165, 1.54) is 12.1 Å². The number of hydrogen-bond donors (Lipinski definition) is 0. The van der Waals surface area contributed by atoms with E-state index in [0.717, 1.165) is 29.7 Å². The third kappa shape index (κ3) is 7.92. The van der Waals surface area contributed by atoms with Crippen LogP contribution in [0.1, 0.15) is 49.8 Å². The molecular weight excluding hydrogens is 553 g/mol. The number of fused-ring (bicyclic) bond motifs is 1. The molecule has 4 aromatic rings. The SMILES string of the molecule is CCCc1nn(C)c2c(OCC(=O)N(Cc3ccc(F)cc3)c3ccc(CC(OCC)C(=O)OCC)cc3)nc(C)nc12. The Bertz CT molecular complexity index is 1540. The van der Waals surface area contributed by atoms with Gasteiger partial charge in [0, 0.05) is 25.8 Å². The van der Waals surface area contributed by atoms with E-state index in [9.17, 15) is 14.0 Å². The monoisotopic (exact) mass is 591 g/mol. The Balaban J connectivity index is 1.58. The van der Waals surface area contributed by atoms with Gasteiger partial charge in [-0.25, -0.2) is 14.2 Å². The molecule has 228 valence electrons. The topological polar surface area (TPSA) is 109 Å². The molecule has 0 aliphatic rings. The predicted molar refractivity (Wildman–Crippen MR) is 160 cm³/mol. The average Bonchev–Trinajstić information content (AvgIpc) is 3.30. The zero-order valence-corrected chi connectivity index (χ0v) is 25.3. The first kappa shape index (κ1) is 31.6. The number of benzene rings is 2. The largest absolute Gasteiger partial charge is 0.466 e. The Morgan fingerprint density at radius 3 is 2.33 bits per heavy atom. The highest BCUT2D eigenvalue weighted by Gasteiger charge is 2.23. The Morgan fingerprint density at radius 1 is 0.977 bits per heavy atom. The Morgan fingerprint density at radius 2 is 1.67 bits per heavy atom. The summed E-state index contributed by atoms with van der Waals surface area (Å²) in [5.74, 6) is -0.292. The number of esters is 1. The lowest BCUT2D eigenvalue weighted by Crippen LogP contribution is -2.34. The van der Waals surface area contributed by atoms with E-state index in [-0.39, 0.29) is 37.4 Å². The van der Waals surface area contributed by atoms with Gasteiger partial charge in [-0.2, -0.15) is 10.1 Å². The number of aryl methyl sites for hydroxylation is 3. The molecule has 2 aromatic heterocycles. The summed E-state index contributed by atoms with van der Waals surface area (Å²) in [6.07, 6.45) is 1.28. The lowest BCUT2D eigenvalue weighted by molar-refractivity contribution is -0.156. The molecule has 0 N–H and O–H groups in total. The average molecular weight is 592 g/mol. The number of nitrogens with zero attached hydrogens (tertiary/aromatic N) is 5. The molecule has 0 bridgehead atoms. The van der Waals surface area contributed by atoms with Crippen molar-refractivity contribution >= 4 is 28.6 Å². The molecule has 2 aromatic carbocycles. The first-order valence-corrected chi connectivity index (χ1v) is 14.5. The Hall–Kier alpha value is -4.38. The maximum absolute atomic E-state index is 13.7. The van der Waals surface area contributed by atoms with E-state index >= 15 is 0 Å². The van der Waals surface area contributed by atoms with Crippen LogP contribution >= 0.6 is 0 Å². The van der Waals surface area contributed by atoms with Crippen molar-refractivity contribution in [1.82, 2.24) is 19.7 Å². The van der Waals surface area contributed by atoms with Crippen LogP contribution in [0, 0.1) is 12.7 Å². The summed E-state index contributed by atoms with van der Waals surface area (Å²) in [6, 6.07) is 13.3. The van der Waals surface area contributed by atoms with E-state index in [1.54, 1.807) is 54.7 Å². The van der Waals surface area contributed by atoms with Gasteiger partial charge in [-0.3, -0.25) is 9.48 Å². The number of halogens is 1. The van der Waals surface area contributed by atoms with Crippen LogP contribution in [0.2, 0.25) is 0 Å². The van der Waals surface area contributed by atoms with Gasteiger partial charge in [-0.1, -0.05) is 37.6 Å². The van der Waals surface area contributed by atoms with Gasteiger partial charge in [-0.15, -0.1) is 0 Å². The summed E-state index contributed by atoms with van der Waals surface area (Å²) in [7, 11) is 1.80. The molecule has 11 heteroatoms. The molecule has 2 heterocycles. The molecule has 0 fully saturated rings. The number of anilines is 1. The Kier molecular flexibility index (Phi) is 10.8.